The molecule has 0 atom stereocenters. The van der Waals surface area contributed by atoms with Gasteiger partial charge in [0.1, 0.15) is 0 Å². The Hall–Kier alpha value is -2.98. The summed E-state index contributed by atoms with van der Waals surface area (Å²) in [4.78, 5) is 17.2. The summed E-state index contributed by atoms with van der Waals surface area (Å²) in [5.74, 6) is -3.01. The first kappa shape index (κ1) is 24.3. The molecule has 2 rings (SSSR count). The van der Waals surface area contributed by atoms with Crippen molar-refractivity contribution in [1.29, 1.82) is 0 Å². The van der Waals surface area contributed by atoms with Gasteiger partial charge in [0.15, 0.2) is 11.6 Å². The van der Waals surface area contributed by atoms with Gasteiger partial charge in [0.2, 0.25) is 0 Å². The van der Waals surface area contributed by atoms with Gasteiger partial charge in [0.05, 0.1) is 12.3 Å². The molecule has 0 amide bonds. The normalized spacial score (nSPS) is 11.6. The third kappa shape index (κ3) is 6.76. The summed E-state index contributed by atoms with van der Waals surface area (Å²) in [6.45, 7) is 12.4. The van der Waals surface area contributed by atoms with E-state index >= 15 is 0 Å². The van der Waals surface area contributed by atoms with Gasteiger partial charge in [0, 0.05) is 28.4 Å². The molecule has 2 aromatic rings. The van der Waals surface area contributed by atoms with E-state index in [2.05, 4.69) is 18.7 Å². The molecule has 0 fully saturated rings. The molecule has 0 saturated carbocycles. The van der Waals surface area contributed by atoms with Gasteiger partial charge < -0.3 is 10.0 Å². The van der Waals surface area contributed by atoms with Gasteiger partial charge in [-0.3, -0.25) is 4.79 Å². The number of carboxylic acid groups (broad SMARTS) is 1. The van der Waals surface area contributed by atoms with Crippen LogP contribution in [0.1, 0.15) is 54.8 Å². The molecule has 4 nitrogen and oxygen atoms in total. The zero-order chi connectivity index (χ0) is 22.8. The second kappa shape index (κ2) is 12.0. The van der Waals surface area contributed by atoms with Crippen molar-refractivity contribution in [2.45, 2.75) is 39.5 Å². The number of hydrogen-bond acceptors (Lipinski definition) is 3. The summed E-state index contributed by atoms with van der Waals surface area (Å²) in [5.41, 5.74) is 0.0577. The highest BCUT2D eigenvalue weighted by atomic mass is 32.1. The Morgan fingerprint density at radius 1 is 1.06 bits per heavy atom. The molecule has 164 valence electrons. The third-order valence-corrected chi connectivity index (χ3v) is 5.69. The van der Waals surface area contributed by atoms with Gasteiger partial charge in [-0.1, -0.05) is 32.8 Å². The molecule has 0 spiro atoms. The Balaban J connectivity index is 2.23. The van der Waals surface area contributed by atoms with Crippen molar-refractivity contribution in [2.24, 2.45) is 0 Å². The van der Waals surface area contributed by atoms with Crippen LogP contribution in [0.3, 0.4) is 0 Å². The second-order valence-electron chi connectivity index (χ2n) is 7.02. The van der Waals surface area contributed by atoms with E-state index in [-0.39, 0.29) is 11.3 Å². The monoisotopic (exact) mass is 444 g/mol. The van der Waals surface area contributed by atoms with Crippen LogP contribution in [0, 0.1) is 18.2 Å². The second-order valence-corrected chi connectivity index (χ2v) is 8.16. The smallest absolute Gasteiger partial charge is 0.333 e. The number of halogens is 2. The van der Waals surface area contributed by atoms with E-state index in [4.69, 9.17) is 11.7 Å². The van der Waals surface area contributed by atoms with Crippen LogP contribution < -0.4 is 4.90 Å². The van der Waals surface area contributed by atoms with Crippen LogP contribution in [0.15, 0.2) is 30.0 Å². The molecule has 0 unspecified atom stereocenters. The summed E-state index contributed by atoms with van der Waals surface area (Å²) in [5, 5.41) is 8.93. The summed E-state index contributed by atoms with van der Waals surface area (Å²) in [6, 6.07) is 6.61. The van der Waals surface area contributed by atoms with Crippen LogP contribution >= 0.6 is 11.3 Å². The summed E-state index contributed by atoms with van der Waals surface area (Å²) in [6.07, 6.45) is 8.22. The van der Waals surface area contributed by atoms with Crippen LogP contribution in [0.4, 0.5) is 14.5 Å². The molecule has 7 heteroatoms. The number of unbranched alkanes of at least 4 members (excludes halogenated alkanes) is 2. The maximum Gasteiger partial charge on any atom is 0.333 e. The molecule has 1 N–H and O–H groups in total. The Morgan fingerprint density at radius 2 is 1.71 bits per heavy atom. The van der Waals surface area contributed by atoms with Crippen molar-refractivity contribution < 1.29 is 18.7 Å². The first-order valence-corrected chi connectivity index (χ1v) is 11.1. The summed E-state index contributed by atoms with van der Waals surface area (Å²) in [7, 11) is 0. The molecule has 0 aliphatic rings. The fourth-order valence-electron chi connectivity index (χ4n) is 2.96. The SMILES string of the molecule is [C-]#[N+]C(=Cc1ccc(C=Cc2ccc(N(CCCC)CCCC)c(F)c2F)s1)C(=O)O. The predicted octanol–water partition coefficient (Wildman–Crippen LogP) is 6.95. The maximum atomic E-state index is 14.8. The van der Waals surface area contributed by atoms with Crippen molar-refractivity contribution >= 4 is 41.2 Å². The predicted molar refractivity (Wildman–Crippen MR) is 124 cm³/mol. The number of carbonyl (C=O) groups is 1. The van der Waals surface area contributed by atoms with Crippen molar-refractivity contribution in [1.82, 2.24) is 0 Å². The number of rotatable bonds is 11. The van der Waals surface area contributed by atoms with Crippen molar-refractivity contribution in [3.63, 3.8) is 0 Å². The zero-order valence-corrected chi connectivity index (χ0v) is 18.5. The largest absolute Gasteiger partial charge is 0.486 e. The molecule has 0 bridgehead atoms. The lowest BCUT2D eigenvalue weighted by Gasteiger charge is -2.25. The van der Waals surface area contributed by atoms with Gasteiger partial charge in [-0.25, -0.2) is 13.6 Å². The fourth-order valence-corrected chi connectivity index (χ4v) is 3.81. The molecule has 1 heterocycles. The molecule has 0 aliphatic heterocycles. The van der Waals surface area contributed by atoms with Crippen LogP contribution in [0.2, 0.25) is 0 Å². The van der Waals surface area contributed by atoms with Crippen molar-refractivity contribution in [3.05, 3.63) is 68.3 Å². The minimum atomic E-state index is -1.29. The average molecular weight is 445 g/mol. The number of nitrogens with zero attached hydrogens (tertiary/aromatic N) is 2. The lowest BCUT2D eigenvalue weighted by atomic mass is 10.1. The van der Waals surface area contributed by atoms with E-state index in [9.17, 15) is 13.6 Å². The lowest BCUT2D eigenvalue weighted by molar-refractivity contribution is -0.132. The molecule has 31 heavy (non-hydrogen) atoms. The van der Waals surface area contributed by atoms with E-state index in [0.717, 1.165) is 30.6 Å². The third-order valence-electron chi connectivity index (χ3n) is 4.69. The van der Waals surface area contributed by atoms with E-state index in [1.807, 2.05) is 4.90 Å². The number of benzene rings is 1. The van der Waals surface area contributed by atoms with Crippen molar-refractivity contribution in [2.75, 3.05) is 18.0 Å². The summed E-state index contributed by atoms with van der Waals surface area (Å²) >= 11 is 1.26. The standard InChI is InChI=1S/C24H26F2N2O2S/c1-4-6-14-28(15-7-5-2)21-13-9-17(22(25)23(21)26)8-10-18-11-12-19(31-18)16-20(27-3)24(29)30/h8-13,16H,4-7,14-15H2,1-2H3,(H,29,30). The number of hydrogen-bond donors (Lipinski definition) is 1. The van der Waals surface area contributed by atoms with E-state index in [1.54, 1.807) is 30.3 Å². The maximum absolute atomic E-state index is 14.8. The van der Waals surface area contributed by atoms with Gasteiger partial charge in [-0.15, -0.1) is 11.3 Å². The van der Waals surface area contributed by atoms with Gasteiger partial charge >= 0.3 is 5.97 Å². The molecule has 0 aliphatic carbocycles. The highest BCUT2D eigenvalue weighted by molar-refractivity contribution is 7.13. The van der Waals surface area contributed by atoms with Gasteiger partial charge in [-0.2, -0.15) is 0 Å². The van der Waals surface area contributed by atoms with E-state index in [0.29, 0.717) is 23.7 Å². The van der Waals surface area contributed by atoms with Gasteiger partial charge in [0.25, 0.3) is 5.70 Å². The highest BCUT2D eigenvalue weighted by Gasteiger charge is 2.17. The van der Waals surface area contributed by atoms with Crippen LogP contribution in [0.5, 0.6) is 0 Å². The van der Waals surface area contributed by atoms with E-state index in [1.165, 1.54) is 23.5 Å². The molecule has 0 radical (unpaired) electrons. The molecular weight excluding hydrogens is 418 g/mol. The first-order chi connectivity index (χ1) is 14.9. The number of anilines is 1. The molecule has 0 saturated heterocycles. The summed E-state index contributed by atoms with van der Waals surface area (Å²) < 4.78 is 29.5. The minimum Gasteiger partial charge on any atom is -0.486 e. The Labute approximate surface area is 186 Å². The number of thiophene rings is 1. The topological polar surface area (TPSA) is 44.9 Å². The van der Waals surface area contributed by atoms with Gasteiger partial charge in [-0.05, 0) is 49.3 Å². The number of carboxylic acids is 1. The van der Waals surface area contributed by atoms with Crippen LogP contribution in [-0.4, -0.2) is 24.2 Å². The minimum absolute atomic E-state index is 0.144. The Morgan fingerprint density at radius 3 is 2.29 bits per heavy atom. The zero-order valence-electron chi connectivity index (χ0n) is 17.7. The Kier molecular flexibility index (Phi) is 9.41. The van der Waals surface area contributed by atoms with E-state index < -0.39 is 17.6 Å². The van der Waals surface area contributed by atoms with Crippen LogP contribution in [0.25, 0.3) is 23.1 Å². The molecular formula is C24H26F2N2O2S. The number of aliphatic carboxylic acids is 1. The van der Waals surface area contributed by atoms with Crippen LogP contribution in [-0.2, 0) is 4.79 Å². The molecule has 1 aromatic carbocycles. The highest BCUT2D eigenvalue weighted by Crippen LogP contribution is 2.27. The average Bonchev–Trinajstić information content (AvgIpc) is 3.21. The first-order valence-electron chi connectivity index (χ1n) is 10.2. The Bertz CT molecular complexity index is 997. The fraction of sp³-hybridized carbons (Fsp3) is 0.333. The lowest BCUT2D eigenvalue weighted by Crippen LogP contribution is -2.27. The quantitative estimate of drug-likeness (QED) is 0.301. The molecule has 1 aromatic heterocycles. The van der Waals surface area contributed by atoms with Crippen molar-refractivity contribution in [3.8, 4) is 0 Å².